The van der Waals surface area contributed by atoms with Gasteiger partial charge in [-0.05, 0) is 41.8 Å². The van der Waals surface area contributed by atoms with E-state index in [2.05, 4.69) is 6.07 Å². The first-order valence-electron chi connectivity index (χ1n) is 8.34. The Kier molecular flexibility index (Phi) is 3.65. The third-order valence-corrected chi connectivity index (χ3v) is 5.86. The Balaban J connectivity index is 1.61. The zero-order valence-corrected chi connectivity index (χ0v) is 15.2. The summed E-state index contributed by atoms with van der Waals surface area (Å²) < 4.78 is 6.27. The summed E-state index contributed by atoms with van der Waals surface area (Å²) in [5.41, 5.74) is 2.90. The molecule has 2 atom stereocenters. The van der Waals surface area contributed by atoms with E-state index < -0.39 is 0 Å². The Bertz CT molecular complexity index is 1000. The summed E-state index contributed by atoms with van der Waals surface area (Å²) in [6.07, 6.45) is 0.477. The topological polar surface area (TPSA) is 45.1 Å². The molecule has 6 heteroatoms. The van der Waals surface area contributed by atoms with Crippen molar-refractivity contribution in [3.8, 4) is 11.5 Å². The van der Waals surface area contributed by atoms with Crippen LogP contribution < -0.4 is 4.74 Å². The molecule has 1 aromatic heterocycles. The summed E-state index contributed by atoms with van der Waals surface area (Å²) in [7, 11) is 0. The molecule has 1 N–H and O–H groups in total. The van der Waals surface area contributed by atoms with Gasteiger partial charge in [0.2, 0.25) is 6.23 Å². The van der Waals surface area contributed by atoms with Crippen molar-refractivity contribution < 1.29 is 9.84 Å². The molecule has 0 amide bonds. The number of hydrazone groups is 1. The number of aromatic hydroxyl groups is 1. The van der Waals surface area contributed by atoms with Crippen LogP contribution in [0.3, 0.4) is 0 Å². The molecule has 2 aliphatic heterocycles. The fraction of sp³-hybridized carbons (Fsp3) is 0.150. The molecule has 0 spiro atoms. The summed E-state index contributed by atoms with van der Waals surface area (Å²) in [5.74, 6) is 1.09. The maximum atomic E-state index is 9.82. The van der Waals surface area contributed by atoms with Crippen LogP contribution in [0, 0.1) is 0 Å². The number of ether oxygens (including phenoxy) is 1. The minimum atomic E-state index is -0.261. The lowest BCUT2D eigenvalue weighted by atomic mass is 9.96. The summed E-state index contributed by atoms with van der Waals surface area (Å²) in [6.45, 7) is 0. The average Bonchev–Trinajstić information content (AvgIpc) is 3.31. The van der Waals surface area contributed by atoms with Crippen LogP contribution >= 0.6 is 22.9 Å². The molecule has 2 aliphatic rings. The van der Waals surface area contributed by atoms with Gasteiger partial charge in [-0.15, -0.1) is 11.3 Å². The predicted molar refractivity (Wildman–Crippen MR) is 103 cm³/mol. The summed E-state index contributed by atoms with van der Waals surface area (Å²) in [4.78, 5) is 1.11. The summed E-state index contributed by atoms with van der Waals surface area (Å²) in [6, 6.07) is 17.1. The monoisotopic (exact) mass is 382 g/mol. The van der Waals surface area contributed by atoms with Crippen molar-refractivity contribution in [2.45, 2.75) is 18.7 Å². The van der Waals surface area contributed by atoms with Crippen LogP contribution in [-0.2, 0) is 0 Å². The van der Waals surface area contributed by atoms with E-state index in [1.165, 1.54) is 0 Å². The van der Waals surface area contributed by atoms with Gasteiger partial charge >= 0.3 is 0 Å². The first-order chi connectivity index (χ1) is 12.7. The van der Waals surface area contributed by atoms with Gasteiger partial charge in [0.1, 0.15) is 11.5 Å². The van der Waals surface area contributed by atoms with Crippen LogP contribution in [0.1, 0.15) is 34.7 Å². The number of rotatable bonds is 2. The minimum absolute atomic E-state index is 0.0573. The third kappa shape index (κ3) is 2.55. The van der Waals surface area contributed by atoms with Gasteiger partial charge in [0.25, 0.3) is 0 Å². The van der Waals surface area contributed by atoms with Crippen LogP contribution in [0.15, 0.2) is 65.1 Å². The highest BCUT2D eigenvalue weighted by molar-refractivity contribution is 7.10. The molecule has 0 fully saturated rings. The lowest BCUT2D eigenvalue weighted by Gasteiger charge is -2.37. The van der Waals surface area contributed by atoms with Crippen molar-refractivity contribution in [2.24, 2.45) is 5.10 Å². The van der Waals surface area contributed by atoms with Crippen molar-refractivity contribution >= 4 is 28.6 Å². The quantitative estimate of drug-likeness (QED) is 0.649. The molecule has 0 bridgehead atoms. The van der Waals surface area contributed by atoms with E-state index in [0.29, 0.717) is 5.02 Å². The van der Waals surface area contributed by atoms with Crippen LogP contribution in [0.5, 0.6) is 11.5 Å². The Labute approximate surface area is 159 Å². The lowest BCUT2D eigenvalue weighted by molar-refractivity contribution is -0.0165. The Hall–Kier alpha value is -2.50. The van der Waals surface area contributed by atoms with Gasteiger partial charge in [0.15, 0.2) is 0 Å². The van der Waals surface area contributed by atoms with E-state index in [4.69, 9.17) is 21.4 Å². The fourth-order valence-electron chi connectivity index (χ4n) is 3.54. The SMILES string of the molecule is Oc1cccc(C2=NN3[C@H](C2)c2cc(Cl)ccc2O[C@@H]3c2cccs2)c1. The van der Waals surface area contributed by atoms with E-state index in [1.54, 1.807) is 23.5 Å². The second-order valence-corrected chi connectivity index (χ2v) is 7.78. The molecule has 4 nitrogen and oxygen atoms in total. The first kappa shape index (κ1) is 15.7. The minimum Gasteiger partial charge on any atom is -0.508 e. The summed E-state index contributed by atoms with van der Waals surface area (Å²) >= 11 is 7.89. The van der Waals surface area contributed by atoms with E-state index >= 15 is 0 Å². The number of hydrogen-bond acceptors (Lipinski definition) is 5. The van der Waals surface area contributed by atoms with E-state index in [0.717, 1.165) is 33.9 Å². The Morgan fingerprint density at radius 1 is 1.15 bits per heavy atom. The van der Waals surface area contributed by atoms with Gasteiger partial charge < -0.3 is 9.84 Å². The van der Waals surface area contributed by atoms with E-state index in [1.807, 2.05) is 46.8 Å². The lowest BCUT2D eigenvalue weighted by Crippen LogP contribution is -2.33. The smallest absolute Gasteiger partial charge is 0.222 e. The molecular weight excluding hydrogens is 368 g/mol. The molecule has 0 aliphatic carbocycles. The number of nitrogens with zero attached hydrogens (tertiary/aromatic N) is 2. The van der Waals surface area contributed by atoms with Crippen molar-refractivity contribution in [1.29, 1.82) is 0 Å². The van der Waals surface area contributed by atoms with E-state index in [-0.39, 0.29) is 18.0 Å². The number of phenols is 1. The molecule has 5 rings (SSSR count). The number of hydrogen-bond donors (Lipinski definition) is 1. The normalized spacial score (nSPS) is 21.0. The van der Waals surface area contributed by atoms with Crippen LogP contribution in [0.2, 0.25) is 5.02 Å². The molecule has 3 aromatic rings. The largest absolute Gasteiger partial charge is 0.508 e. The highest BCUT2D eigenvalue weighted by atomic mass is 35.5. The first-order valence-corrected chi connectivity index (χ1v) is 9.59. The fourth-order valence-corrected chi connectivity index (χ4v) is 4.46. The van der Waals surface area contributed by atoms with Gasteiger partial charge in [0, 0.05) is 22.6 Å². The Morgan fingerprint density at radius 2 is 2.08 bits per heavy atom. The molecule has 3 heterocycles. The second kappa shape index (κ2) is 6.04. The van der Waals surface area contributed by atoms with E-state index in [9.17, 15) is 5.11 Å². The van der Waals surface area contributed by atoms with Crippen molar-refractivity contribution in [3.05, 3.63) is 81.0 Å². The number of benzene rings is 2. The highest BCUT2D eigenvalue weighted by Gasteiger charge is 2.41. The maximum Gasteiger partial charge on any atom is 0.222 e. The molecular formula is C20H15ClN2O2S. The van der Waals surface area contributed by atoms with Crippen LogP contribution in [0.4, 0.5) is 0 Å². The number of fused-ring (bicyclic) bond motifs is 3. The molecule has 0 saturated heterocycles. The molecule has 0 saturated carbocycles. The van der Waals surface area contributed by atoms with Gasteiger partial charge in [-0.25, -0.2) is 5.01 Å². The molecule has 26 heavy (non-hydrogen) atoms. The predicted octanol–water partition coefficient (Wildman–Crippen LogP) is 5.35. The van der Waals surface area contributed by atoms with Crippen LogP contribution in [-0.4, -0.2) is 15.8 Å². The van der Waals surface area contributed by atoms with Crippen LogP contribution in [0.25, 0.3) is 0 Å². The maximum absolute atomic E-state index is 9.82. The molecule has 2 aromatic carbocycles. The van der Waals surface area contributed by atoms with Gasteiger partial charge in [-0.1, -0.05) is 29.8 Å². The van der Waals surface area contributed by atoms with Gasteiger partial charge in [-0.2, -0.15) is 5.10 Å². The van der Waals surface area contributed by atoms with Crippen molar-refractivity contribution in [3.63, 3.8) is 0 Å². The van der Waals surface area contributed by atoms with Gasteiger partial charge in [-0.3, -0.25) is 0 Å². The average molecular weight is 383 g/mol. The van der Waals surface area contributed by atoms with Crippen molar-refractivity contribution in [1.82, 2.24) is 5.01 Å². The molecule has 0 radical (unpaired) electrons. The second-order valence-electron chi connectivity index (χ2n) is 6.36. The van der Waals surface area contributed by atoms with Gasteiger partial charge in [0.05, 0.1) is 16.6 Å². The number of halogens is 1. The number of thiophene rings is 1. The third-order valence-electron chi connectivity index (χ3n) is 4.72. The van der Waals surface area contributed by atoms with Crippen molar-refractivity contribution in [2.75, 3.05) is 0 Å². The Morgan fingerprint density at radius 3 is 2.88 bits per heavy atom. The summed E-state index contributed by atoms with van der Waals surface area (Å²) in [5, 5.41) is 19.4. The highest BCUT2D eigenvalue weighted by Crippen LogP contribution is 2.48. The number of phenolic OH excluding ortho intramolecular Hbond substituents is 1. The zero-order valence-electron chi connectivity index (χ0n) is 13.7. The zero-order chi connectivity index (χ0) is 17.7. The molecule has 130 valence electrons. The standard InChI is InChI=1S/C20H15ClN2O2S/c21-13-6-7-18-15(10-13)17-11-16(12-3-1-4-14(24)9-12)22-23(17)20(25-18)19-5-2-8-26-19/h1-10,17,20,24H,11H2/t17-,20-/m1/s1. The molecule has 0 unspecified atom stereocenters.